The van der Waals surface area contributed by atoms with Crippen molar-refractivity contribution in [1.29, 1.82) is 0 Å². The van der Waals surface area contributed by atoms with Crippen LogP contribution < -0.4 is 14.5 Å². The van der Waals surface area contributed by atoms with E-state index in [1.807, 2.05) is 39.0 Å². The largest absolute Gasteiger partial charge is 0.426 e. The van der Waals surface area contributed by atoms with Crippen LogP contribution in [-0.4, -0.2) is 30.2 Å². The summed E-state index contributed by atoms with van der Waals surface area (Å²) in [6, 6.07) is 10.9. The van der Waals surface area contributed by atoms with Crippen LogP contribution in [0, 0.1) is 50.4 Å². The van der Waals surface area contributed by atoms with Gasteiger partial charge in [-0.05, 0) is 98.9 Å². The predicted molar refractivity (Wildman–Crippen MR) is 133 cm³/mol. The van der Waals surface area contributed by atoms with Gasteiger partial charge in [-0.1, -0.05) is 6.07 Å². The summed E-state index contributed by atoms with van der Waals surface area (Å²) in [6.07, 6.45) is 3.18. The van der Waals surface area contributed by atoms with Crippen LogP contribution in [0.1, 0.15) is 42.4 Å². The number of fused-ring (bicyclic) bond motifs is 5. The summed E-state index contributed by atoms with van der Waals surface area (Å²) in [5.74, 6) is -0.615. The van der Waals surface area contributed by atoms with Gasteiger partial charge in [0.05, 0.1) is 23.4 Å². The van der Waals surface area contributed by atoms with Crippen LogP contribution in [0.4, 0.5) is 11.4 Å². The van der Waals surface area contributed by atoms with Crippen molar-refractivity contribution in [3.8, 4) is 5.75 Å². The number of rotatable bonds is 4. The first-order valence-corrected chi connectivity index (χ1v) is 12.8. The van der Waals surface area contributed by atoms with E-state index in [0.717, 1.165) is 36.1 Å². The normalized spacial score (nSPS) is 28.9. The summed E-state index contributed by atoms with van der Waals surface area (Å²) in [4.78, 5) is 54.9. The van der Waals surface area contributed by atoms with Gasteiger partial charge in [-0.15, -0.1) is 0 Å². The molecule has 2 aromatic carbocycles. The second-order valence-electron chi connectivity index (χ2n) is 11.0. The second-order valence-corrected chi connectivity index (χ2v) is 11.0. The molecule has 2 bridgehead atoms. The molecule has 36 heavy (non-hydrogen) atoms. The lowest BCUT2D eigenvalue weighted by molar-refractivity contribution is -0.139. The Bertz CT molecular complexity index is 1270. The highest BCUT2D eigenvalue weighted by molar-refractivity contribution is 6.23. The molecule has 7 heteroatoms. The molecule has 2 aromatic rings. The fourth-order valence-electron chi connectivity index (χ4n) is 7.01. The zero-order valence-corrected chi connectivity index (χ0v) is 20.8. The van der Waals surface area contributed by atoms with Crippen molar-refractivity contribution in [2.75, 3.05) is 16.3 Å². The number of esters is 1. The minimum atomic E-state index is -0.560. The molecule has 2 saturated heterocycles. The van der Waals surface area contributed by atoms with Gasteiger partial charge in [0.2, 0.25) is 17.7 Å². The van der Waals surface area contributed by atoms with Crippen LogP contribution in [0.2, 0.25) is 0 Å². The van der Waals surface area contributed by atoms with Gasteiger partial charge in [0.1, 0.15) is 5.75 Å². The molecule has 2 saturated carbocycles. The number of benzene rings is 2. The van der Waals surface area contributed by atoms with E-state index in [1.165, 1.54) is 4.90 Å². The van der Waals surface area contributed by atoms with Gasteiger partial charge in [0, 0.05) is 18.7 Å². The van der Waals surface area contributed by atoms with Gasteiger partial charge < -0.3 is 9.64 Å². The number of carbonyl (C=O) groups is 4. The summed E-state index contributed by atoms with van der Waals surface area (Å²) < 4.78 is 5.64. The van der Waals surface area contributed by atoms with Crippen molar-refractivity contribution in [2.45, 2.75) is 46.5 Å². The highest BCUT2D eigenvalue weighted by Crippen LogP contribution is 2.56. The third-order valence-corrected chi connectivity index (χ3v) is 8.53. The third kappa shape index (κ3) is 3.55. The quantitative estimate of drug-likeness (QED) is 0.369. The number of aryl methyl sites for hydroxylation is 3. The Labute approximate surface area is 210 Å². The average Bonchev–Trinajstić information content (AvgIpc) is 3.58. The summed E-state index contributed by atoms with van der Waals surface area (Å²) in [6.45, 7) is 6.06. The Balaban J connectivity index is 1.16. The molecule has 0 radical (unpaired) electrons. The maximum Gasteiger partial charge on any atom is 0.316 e. The predicted octanol–water partition coefficient (Wildman–Crippen LogP) is 4.11. The van der Waals surface area contributed by atoms with E-state index in [2.05, 4.69) is 0 Å². The number of carbonyl (C=O) groups excluding carboxylic acids is 4. The molecule has 5 atom stereocenters. The van der Waals surface area contributed by atoms with Gasteiger partial charge in [-0.2, -0.15) is 0 Å². The first kappa shape index (κ1) is 23.0. The molecule has 2 heterocycles. The number of imide groups is 1. The maximum absolute atomic E-state index is 13.2. The Morgan fingerprint density at radius 1 is 0.889 bits per heavy atom. The molecule has 4 fully saturated rings. The van der Waals surface area contributed by atoms with E-state index in [0.29, 0.717) is 28.8 Å². The van der Waals surface area contributed by atoms with E-state index in [-0.39, 0.29) is 42.5 Å². The number of ether oxygens (including phenoxy) is 1. The molecule has 186 valence electrons. The smallest absolute Gasteiger partial charge is 0.316 e. The van der Waals surface area contributed by atoms with Gasteiger partial charge in [-0.3, -0.25) is 19.2 Å². The molecular formula is C29H30N2O5. The highest BCUT2D eigenvalue weighted by atomic mass is 16.5. The lowest BCUT2D eigenvalue weighted by Crippen LogP contribution is -2.33. The van der Waals surface area contributed by atoms with Gasteiger partial charge in [0.15, 0.2) is 0 Å². The average molecular weight is 487 g/mol. The zero-order chi connectivity index (χ0) is 25.3. The third-order valence-electron chi connectivity index (χ3n) is 8.53. The molecule has 4 aliphatic rings. The Morgan fingerprint density at radius 2 is 1.53 bits per heavy atom. The minimum absolute atomic E-state index is 0.0824. The molecule has 2 aliphatic carbocycles. The van der Waals surface area contributed by atoms with Gasteiger partial charge >= 0.3 is 5.97 Å². The van der Waals surface area contributed by atoms with E-state index in [4.69, 9.17) is 4.74 Å². The summed E-state index contributed by atoms with van der Waals surface area (Å²) in [7, 11) is 0. The molecule has 0 spiro atoms. The number of nitrogens with zero attached hydrogens (tertiary/aromatic N) is 2. The number of amides is 3. The summed E-state index contributed by atoms with van der Waals surface area (Å²) in [5, 5.41) is 0. The van der Waals surface area contributed by atoms with Crippen LogP contribution >= 0.6 is 0 Å². The molecule has 0 aromatic heterocycles. The number of hydrogen-bond acceptors (Lipinski definition) is 5. The van der Waals surface area contributed by atoms with Gasteiger partial charge in [0.25, 0.3) is 0 Å². The van der Waals surface area contributed by atoms with Crippen molar-refractivity contribution in [1.82, 2.24) is 0 Å². The van der Waals surface area contributed by atoms with Crippen molar-refractivity contribution in [2.24, 2.45) is 29.6 Å². The van der Waals surface area contributed by atoms with Crippen LogP contribution in [0.3, 0.4) is 0 Å². The fourth-order valence-corrected chi connectivity index (χ4v) is 7.01. The van der Waals surface area contributed by atoms with Crippen LogP contribution in [-0.2, 0) is 19.2 Å². The first-order valence-electron chi connectivity index (χ1n) is 12.8. The van der Waals surface area contributed by atoms with Gasteiger partial charge in [-0.25, -0.2) is 4.90 Å². The van der Waals surface area contributed by atoms with E-state index in [9.17, 15) is 19.2 Å². The topological polar surface area (TPSA) is 84.0 Å². The first-order chi connectivity index (χ1) is 17.2. The number of anilines is 2. The number of hydrogen-bond donors (Lipinski definition) is 0. The van der Waals surface area contributed by atoms with E-state index in [1.54, 1.807) is 23.1 Å². The Kier molecular flexibility index (Phi) is 5.28. The summed E-state index contributed by atoms with van der Waals surface area (Å²) >= 11 is 0. The lowest BCUT2D eigenvalue weighted by atomic mass is 9.81. The molecule has 3 amide bonds. The molecule has 0 N–H and O–H groups in total. The molecule has 7 nitrogen and oxygen atoms in total. The van der Waals surface area contributed by atoms with Crippen LogP contribution in [0.15, 0.2) is 36.4 Å². The lowest BCUT2D eigenvalue weighted by Gasteiger charge is -2.20. The van der Waals surface area contributed by atoms with Crippen LogP contribution in [0.25, 0.3) is 0 Å². The van der Waals surface area contributed by atoms with E-state index < -0.39 is 11.9 Å². The fraction of sp³-hybridized carbons (Fsp3) is 0.448. The molecular weight excluding hydrogens is 456 g/mol. The van der Waals surface area contributed by atoms with Crippen LogP contribution in [0.5, 0.6) is 5.75 Å². The SMILES string of the molecule is Cc1cc(C)cc(N2C[C@H](C(=O)Oc3ccc(N4C(=O)[C@@H]5[C@H]6CC[C@@H](C6)[C@H]5C4=O)c(C)c3)CC2=O)c1. The Morgan fingerprint density at radius 3 is 2.14 bits per heavy atom. The highest BCUT2D eigenvalue weighted by Gasteiger charge is 2.61. The monoisotopic (exact) mass is 486 g/mol. The van der Waals surface area contributed by atoms with Crippen molar-refractivity contribution >= 4 is 35.1 Å². The minimum Gasteiger partial charge on any atom is -0.426 e. The molecule has 0 unspecified atom stereocenters. The Hall–Kier alpha value is -3.48. The van der Waals surface area contributed by atoms with Crippen molar-refractivity contribution in [3.05, 3.63) is 53.1 Å². The van der Waals surface area contributed by atoms with Crippen molar-refractivity contribution < 1.29 is 23.9 Å². The zero-order valence-electron chi connectivity index (χ0n) is 20.8. The summed E-state index contributed by atoms with van der Waals surface area (Å²) in [5.41, 5.74) is 4.19. The second kappa shape index (κ2) is 8.29. The molecule has 2 aliphatic heterocycles. The van der Waals surface area contributed by atoms with E-state index >= 15 is 0 Å². The van der Waals surface area contributed by atoms with Crippen molar-refractivity contribution in [3.63, 3.8) is 0 Å². The maximum atomic E-state index is 13.2. The molecule has 6 rings (SSSR count). The standard InChI is InChI=1S/C29H30N2O5/c1-15-8-16(2)10-21(9-15)30-14-20(13-24(30)32)29(35)36-22-6-7-23(17(3)11-22)31-27(33)25-18-4-5-19(12-18)26(25)28(31)34/h6-11,18-20,25-26H,4-5,12-14H2,1-3H3/t18-,19-,20+,25+,26+/m0/s1.